The van der Waals surface area contributed by atoms with Crippen molar-refractivity contribution in [2.24, 2.45) is 4.99 Å². The summed E-state index contributed by atoms with van der Waals surface area (Å²) < 4.78 is 23.9. The van der Waals surface area contributed by atoms with Gasteiger partial charge in [0.15, 0.2) is 5.96 Å². The highest BCUT2D eigenvalue weighted by Crippen LogP contribution is 2.19. The summed E-state index contributed by atoms with van der Waals surface area (Å²) in [4.78, 5) is 8.52. The van der Waals surface area contributed by atoms with Gasteiger partial charge >= 0.3 is 0 Å². The standard InChI is InChI=1S/C22H23FN4O2.HI/c1-24-22(27-15-17-5-3-4-6-20(17)28-2)26-14-16-7-12-21(25-13-16)29-19-10-8-18(23)9-11-19;/h3-13H,14-15H2,1-2H3,(H2,24,26,27);1H. The van der Waals surface area contributed by atoms with Gasteiger partial charge in [0.2, 0.25) is 5.88 Å². The van der Waals surface area contributed by atoms with E-state index in [1.165, 1.54) is 12.1 Å². The Kier molecular flexibility index (Phi) is 9.33. The maximum Gasteiger partial charge on any atom is 0.219 e. The number of hydrogen-bond acceptors (Lipinski definition) is 4. The van der Waals surface area contributed by atoms with Crippen molar-refractivity contribution in [3.8, 4) is 17.4 Å². The summed E-state index contributed by atoms with van der Waals surface area (Å²) in [7, 11) is 3.37. The Morgan fingerprint density at radius 2 is 1.73 bits per heavy atom. The summed E-state index contributed by atoms with van der Waals surface area (Å²) in [6.07, 6.45) is 1.72. The monoisotopic (exact) mass is 522 g/mol. The molecule has 1 aromatic heterocycles. The first kappa shape index (κ1) is 23.4. The van der Waals surface area contributed by atoms with Crippen LogP contribution in [-0.2, 0) is 13.1 Å². The second-order valence-electron chi connectivity index (χ2n) is 6.15. The van der Waals surface area contributed by atoms with Crippen molar-refractivity contribution in [2.45, 2.75) is 13.1 Å². The van der Waals surface area contributed by atoms with Gasteiger partial charge in [-0.2, -0.15) is 0 Å². The number of aliphatic imine (C=N–C) groups is 1. The number of nitrogens with one attached hydrogen (secondary N) is 2. The Morgan fingerprint density at radius 1 is 1.00 bits per heavy atom. The van der Waals surface area contributed by atoms with Crippen LogP contribution in [0.5, 0.6) is 17.4 Å². The minimum absolute atomic E-state index is 0. The summed E-state index contributed by atoms with van der Waals surface area (Å²) >= 11 is 0. The number of hydrogen-bond donors (Lipinski definition) is 2. The number of aromatic nitrogens is 1. The smallest absolute Gasteiger partial charge is 0.219 e. The largest absolute Gasteiger partial charge is 0.496 e. The minimum Gasteiger partial charge on any atom is -0.496 e. The lowest BCUT2D eigenvalue weighted by Crippen LogP contribution is -2.36. The number of nitrogens with zero attached hydrogens (tertiary/aromatic N) is 2. The molecule has 0 unspecified atom stereocenters. The van der Waals surface area contributed by atoms with E-state index < -0.39 is 0 Å². The van der Waals surface area contributed by atoms with Crippen LogP contribution in [-0.4, -0.2) is 25.1 Å². The van der Waals surface area contributed by atoms with Crippen LogP contribution >= 0.6 is 24.0 Å². The van der Waals surface area contributed by atoms with E-state index in [0.717, 1.165) is 16.9 Å². The van der Waals surface area contributed by atoms with Crippen LogP contribution in [0.2, 0.25) is 0 Å². The average Bonchev–Trinajstić information content (AvgIpc) is 2.76. The maximum atomic E-state index is 12.9. The lowest BCUT2D eigenvalue weighted by molar-refractivity contribution is 0.409. The lowest BCUT2D eigenvalue weighted by atomic mass is 10.2. The number of rotatable bonds is 7. The second-order valence-corrected chi connectivity index (χ2v) is 6.15. The fourth-order valence-electron chi connectivity index (χ4n) is 2.63. The molecule has 3 rings (SSSR count). The molecule has 2 N–H and O–H groups in total. The van der Waals surface area contributed by atoms with Gasteiger partial charge in [0.25, 0.3) is 0 Å². The van der Waals surface area contributed by atoms with Gasteiger partial charge in [0, 0.05) is 38.0 Å². The molecule has 0 spiro atoms. The first-order chi connectivity index (χ1) is 14.2. The number of para-hydroxylation sites is 1. The van der Waals surface area contributed by atoms with Crippen LogP contribution in [0.25, 0.3) is 0 Å². The molecule has 0 radical (unpaired) electrons. The van der Waals surface area contributed by atoms with Crippen LogP contribution in [0.3, 0.4) is 0 Å². The number of benzene rings is 2. The van der Waals surface area contributed by atoms with Gasteiger partial charge < -0.3 is 20.1 Å². The van der Waals surface area contributed by atoms with Crippen LogP contribution < -0.4 is 20.1 Å². The first-order valence-corrected chi connectivity index (χ1v) is 9.12. The molecule has 6 nitrogen and oxygen atoms in total. The predicted molar refractivity (Wildman–Crippen MR) is 126 cm³/mol. The zero-order valence-corrected chi connectivity index (χ0v) is 19.1. The van der Waals surface area contributed by atoms with Crippen LogP contribution in [0, 0.1) is 5.82 Å². The second kappa shape index (κ2) is 12.0. The summed E-state index contributed by atoms with van der Waals surface area (Å²) in [5, 5.41) is 6.51. The van der Waals surface area contributed by atoms with Gasteiger partial charge in [-0.1, -0.05) is 24.3 Å². The normalized spacial score (nSPS) is 10.7. The lowest BCUT2D eigenvalue weighted by Gasteiger charge is -2.14. The Morgan fingerprint density at radius 3 is 2.40 bits per heavy atom. The molecule has 0 fully saturated rings. The zero-order chi connectivity index (χ0) is 20.5. The molecule has 2 aromatic carbocycles. The minimum atomic E-state index is -0.306. The molecule has 1 heterocycles. The van der Waals surface area contributed by atoms with Gasteiger partial charge in [-0.25, -0.2) is 9.37 Å². The van der Waals surface area contributed by atoms with Crippen LogP contribution in [0.4, 0.5) is 4.39 Å². The van der Waals surface area contributed by atoms with Crippen molar-refractivity contribution in [2.75, 3.05) is 14.2 Å². The maximum absolute atomic E-state index is 12.9. The molecule has 0 aliphatic heterocycles. The zero-order valence-electron chi connectivity index (χ0n) is 16.8. The van der Waals surface area contributed by atoms with Crippen molar-refractivity contribution < 1.29 is 13.9 Å². The molecular formula is C22H24FIN4O2. The summed E-state index contributed by atoms with van der Waals surface area (Å²) in [6, 6.07) is 17.3. The third kappa shape index (κ3) is 6.87. The molecule has 0 saturated heterocycles. The first-order valence-electron chi connectivity index (χ1n) is 9.12. The Hall–Kier alpha value is -2.88. The van der Waals surface area contributed by atoms with E-state index in [4.69, 9.17) is 9.47 Å². The van der Waals surface area contributed by atoms with E-state index in [2.05, 4.69) is 20.6 Å². The highest BCUT2D eigenvalue weighted by atomic mass is 127. The number of pyridine rings is 1. The third-order valence-corrected chi connectivity index (χ3v) is 4.16. The van der Waals surface area contributed by atoms with E-state index in [-0.39, 0.29) is 29.8 Å². The van der Waals surface area contributed by atoms with Gasteiger partial charge in [0.05, 0.1) is 7.11 Å². The molecule has 30 heavy (non-hydrogen) atoms. The van der Waals surface area contributed by atoms with Crippen LogP contribution in [0.1, 0.15) is 11.1 Å². The topological polar surface area (TPSA) is 67.8 Å². The fraction of sp³-hybridized carbons (Fsp3) is 0.182. The quantitative estimate of drug-likeness (QED) is 0.272. The molecule has 0 amide bonds. The van der Waals surface area contributed by atoms with Crippen molar-refractivity contribution in [1.82, 2.24) is 15.6 Å². The van der Waals surface area contributed by atoms with E-state index in [1.807, 2.05) is 30.3 Å². The Labute approximate surface area is 192 Å². The van der Waals surface area contributed by atoms with E-state index in [1.54, 1.807) is 38.6 Å². The highest BCUT2D eigenvalue weighted by molar-refractivity contribution is 14.0. The Balaban J connectivity index is 0.00000320. The van der Waals surface area contributed by atoms with Crippen LogP contribution in [0.15, 0.2) is 71.9 Å². The fourth-order valence-corrected chi connectivity index (χ4v) is 2.63. The van der Waals surface area contributed by atoms with Gasteiger partial charge in [-0.05, 0) is 35.9 Å². The highest BCUT2D eigenvalue weighted by Gasteiger charge is 2.04. The van der Waals surface area contributed by atoms with Crippen molar-refractivity contribution in [3.63, 3.8) is 0 Å². The van der Waals surface area contributed by atoms with Crippen molar-refractivity contribution >= 4 is 29.9 Å². The summed E-state index contributed by atoms with van der Waals surface area (Å²) in [5.74, 6) is 2.17. The van der Waals surface area contributed by atoms with Crippen molar-refractivity contribution in [1.29, 1.82) is 0 Å². The van der Waals surface area contributed by atoms with Gasteiger partial charge in [0.1, 0.15) is 17.3 Å². The molecule has 0 aliphatic rings. The van der Waals surface area contributed by atoms with Gasteiger partial charge in [-0.3, -0.25) is 4.99 Å². The molecule has 0 aliphatic carbocycles. The molecule has 8 heteroatoms. The van der Waals surface area contributed by atoms with E-state index >= 15 is 0 Å². The molecular weight excluding hydrogens is 498 g/mol. The molecule has 158 valence electrons. The number of ether oxygens (including phenoxy) is 2. The van der Waals surface area contributed by atoms with Gasteiger partial charge in [-0.15, -0.1) is 24.0 Å². The number of halogens is 2. The van der Waals surface area contributed by atoms with E-state index in [0.29, 0.717) is 30.7 Å². The molecule has 0 saturated carbocycles. The predicted octanol–water partition coefficient (Wildman–Crippen LogP) is 4.50. The van der Waals surface area contributed by atoms with E-state index in [9.17, 15) is 4.39 Å². The SMILES string of the molecule is CN=C(NCc1ccc(Oc2ccc(F)cc2)nc1)NCc1ccccc1OC.I. The average molecular weight is 522 g/mol. The summed E-state index contributed by atoms with van der Waals surface area (Å²) in [5.41, 5.74) is 2.01. The molecule has 0 atom stereocenters. The number of methoxy groups -OCH3 is 1. The molecule has 0 bridgehead atoms. The number of guanidine groups is 1. The Bertz CT molecular complexity index is 950. The molecule has 3 aromatic rings. The third-order valence-electron chi connectivity index (χ3n) is 4.16. The summed E-state index contributed by atoms with van der Waals surface area (Å²) in [6.45, 7) is 1.14. The van der Waals surface area contributed by atoms with Crippen molar-refractivity contribution in [3.05, 3.63) is 83.8 Å².